The first-order valence-electron chi connectivity index (χ1n) is 3.00. The highest BCUT2D eigenvalue weighted by molar-refractivity contribution is 6.31. The molecular weight excluding hydrogens is 188 g/mol. The lowest BCUT2D eigenvalue weighted by atomic mass is 10.3. The molecule has 1 amide bonds. The largest absolute Gasteiger partial charge is 0.326 e. The van der Waals surface area contributed by atoms with Gasteiger partial charge >= 0.3 is 0 Å². The number of carbonyl (C=O) groups is 1. The summed E-state index contributed by atoms with van der Waals surface area (Å²) in [5.41, 5.74) is -0.142. The van der Waals surface area contributed by atoms with Crippen molar-refractivity contribution >= 4 is 23.7 Å². The third kappa shape index (κ3) is 1.53. The van der Waals surface area contributed by atoms with Crippen molar-refractivity contribution in [1.29, 1.82) is 0 Å². The normalized spacial score (nSPS) is 9.58. The molecule has 0 aliphatic heterocycles. The average molecular weight is 192 g/mol. The summed E-state index contributed by atoms with van der Waals surface area (Å²) in [4.78, 5) is 9.91. The lowest BCUT2D eigenvalue weighted by molar-refractivity contribution is -0.105. The third-order valence-electron chi connectivity index (χ3n) is 1.25. The number of rotatable bonds is 2. The van der Waals surface area contributed by atoms with Gasteiger partial charge in [0, 0.05) is 0 Å². The molecule has 0 spiro atoms. The Morgan fingerprint density at radius 1 is 1.42 bits per heavy atom. The van der Waals surface area contributed by atoms with Crippen LogP contribution in [0.15, 0.2) is 12.1 Å². The number of anilines is 1. The van der Waals surface area contributed by atoms with Crippen LogP contribution in [0.4, 0.5) is 14.5 Å². The Hall–Kier alpha value is -1.16. The Kier molecular flexibility index (Phi) is 2.60. The molecule has 0 aromatic heterocycles. The van der Waals surface area contributed by atoms with E-state index in [1.807, 2.05) is 5.32 Å². The Labute approximate surface area is 72.1 Å². The second-order valence-corrected chi connectivity index (χ2v) is 2.36. The van der Waals surface area contributed by atoms with Crippen molar-refractivity contribution in [3.05, 3.63) is 28.8 Å². The van der Waals surface area contributed by atoms with E-state index in [0.717, 1.165) is 12.1 Å². The van der Waals surface area contributed by atoms with E-state index in [1.165, 1.54) is 0 Å². The molecule has 1 aromatic carbocycles. The fraction of sp³-hybridized carbons (Fsp3) is 0. The quantitative estimate of drug-likeness (QED) is 0.564. The van der Waals surface area contributed by atoms with Crippen LogP contribution in [0, 0.1) is 11.6 Å². The van der Waals surface area contributed by atoms with Crippen molar-refractivity contribution in [2.45, 2.75) is 0 Å². The summed E-state index contributed by atoms with van der Waals surface area (Å²) in [5.74, 6) is -1.82. The third-order valence-corrected chi connectivity index (χ3v) is 1.60. The summed E-state index contributed by atoms with van der Waals surface area (Å²) in [7, 11) is 0. The summed E-state index contributed by atoms with van der Waals surface area (Å²) in [6, 6.07) is 2.06. The Morgan fingerprint density at radius 2 is 2.08 bits per heavy atom. The van der Waals surface area contributed by atoms with Crippen molar-refractivity contribution in [1.82, 2.24) is 0 Å². The summed E-state index contributed by atoms with van der Waals surface area (Å²) in [5, 5.41) is 1.41. The van der Waals surface area contributed by atoms with E-state index in [1.54, 1.807) is 0 Å². The second kappa shape index (κ2) is 3.49. The summed E-state index contributed by atoms with van der Waals surface area (Å²) < 4.78 is 25.4. The molecule has 1 rings (SSSR count). The van der Waals surface area contributed by atoms with Crippen LogP contribution in [-0.2, 0) is 4.79 Å². The monoisotopic (exact) mass is 191 g/mol. The van der Waals surface area contributed by atoms with E-state index in [9.17, 15) is 13.6 Å². The summed E-state index contributed by atoms with van der Waals surface area (Å²) in [6.07, 6.45) is 0.284. The van der Waals surface area contributed by atoms with Gasteiger partial charge in [0.25, 0.3) is 0 Å². The van der Waals surface area contributed by atoms with Gasteiger partial charge in [0.05, 0.1) is 5.69 Å². The first kappa shape index (κ1) is 8.93. The van der Waals surface area contributed by atoms with E-state index in [0.29, 0.717) is 0 Å². The van der Waals surface area contributed by atoms with Crippen LogP contribution in [0.2, 0.25) is 5.02 Å². The zero-order valence-corrected chi connectivity index (χ0v) is 6.53. The van der Waals surface area contributed by atoms with E-state index in [2.05, 4.69) is 0 Å². The first-order chi connectivity index (χ1) is 5.66. The Morgan fingerprint density at radius 3 is 2.67 bits per heavy atom. The number of benzene rings is 1. The molecule has 0 heterocycles. The fourth-order valence-corrected chi connectivity index (χ4v) is 0.866. The van der Waals surface area contributed by atoms with Gasteiger partial charge < -0.3 is 5.32 Å². The molecule has 1 N–H and O–H groups in total. The van der Waals surface area contributed by atoms with E-state index < -0.39 is 16.7 Å². The number of nitrogens with one attached hydrogen (secondary N) is 1. The SMILES string of the molecule is O=CNc1ccc(F)c(Cl)c1F. The Bertz CT molecular complexity index is 317. The molecule has 0 saturated heterocycles. The molecule has 0 atom stereocenters. The molecule has 5 heteroatoms. The predicted octanol–water partition coefficient (Wildman–Crippen LogP) is 2.19. The maximum Gasteiger partial charge on any atom is 0.211 e. The highest BCUT2D eigenvalue weighted by Crippen LogP contribution is 2.24. The smallest absolute Gasteiger partial charge is 0.211 e. The molecule has 0 aliphatic rings. The van der Waals surface area contributed by atoms with Gasteiger partial charge in [-0.3, -0.25) is 4.79 Å². The van der Waals surface area contributed by atoms with Crippen molar-refractivity contribution in [3.63, 3.8) is 0 Å². The van der Waals surface area contributed by atoms with Crippen molar-refractivity contribution < 1.29 is 13.6 Å². The molecule has 0 aliphatic carbocycles. The van der Waals surface area contributed by atoms with Crippen molar-refractivity contribution in [2.75, 3.05) is 5.32 Å². The summed E-state index contributed by atoms with van der Waals surface area (Å²) in [6.45, 7) is 0. The minimum absolute atomic E-state index is 0.142. The molecule has 0 saturated carbocycles. The Balaban J connectivity index is 3.16. The fourth-order valence-electron chi connectivity index (χ4n) is 0.701. The van der Waals surface area contributed by atoms with Gasteiger partial charge in [-0.2, -0.15) is 0 Å². The zero-order valence-electron chi connectivity index (χ0n) is 5.77. The number of hydrogen-bond acceptors (Lipinski definition) is 1. The zero-order chi connectivity index (χ0) is 9.14. The minimum Gasteiger partial charge on any atom is -0.326 e. The van der Waals surface area contributed by atoms with Gasteiger partial charge in [-0.05, 0) is 12.1 Å². The number of carbonyl (C=O) groups excluding carboxylic acids is 1. The van der Waals surface area contributed by atoms with Gasteiger partial charge in [0.15, 0.2) is 5.82 Å². The van der Waals surface area contributed by atoms with Gasteiger partial charge in [-0.25, -0.2) is 8.78 Å². The maximum atomic E-state index is 12.9. The van der Waals surface area contributed by atoms with Gasteiger partial charge in [-0.15, -0.1) is 0 Å². The maximum absolute atomic E-state index is 12.9. The predicted molar refractivity (Wildman–Crippen MR) is 41.1 cm³/mol. The molecule has 0 unspecified atom stereocenters. The molecular formula is C7H4ClF2NO. The van der Waals surface area contributed by atoms with Crippen LogP contribution < -0.4 is 5.32 Å². The van der Waals surface area contributed by atoms with Crippen LogP contribution in [-0.4, -0.2) is 6.41 Å². The number of amides is 1. The molecule has 64 valence electrons. The molecule has 12 heavy (non-hydrogen) atoms. The van der Waals surface area contributed by atoms with Crippen LogP contribution in [0.1, 0.15) is 0 Å². The molecule has 1 aromatic rings. The molecule has 0 fully saturated rings. The van der Waals surface area contributed by atoms with E-state index >= 15 is 0 Å². The number of hydrogen-bond donors (Lipinski definition) is 1. The van der Waals surface area contributed by atoms with Crippen LogP contribution in [0.3, 0.4) is 0 Å². The lowest BCUT2D eigenvalue weighted by Gasteiger charge is -2.02. The van der Waals surface area contributed by atoms with Crippen LogP contribution >= 0.6 is 11.6 Å². The van der Waals surface area contributed by atoms with Crippen molar-refractivity contribution in [2.24, 2.45) is 0 Å². The highest BCUT2D eigenvalue weighted by Gasteiger charge is 2.10. The second-order valence-electron chi connectivity index (χ2n) is 1.99. The molecule has 0 bridgehead atoms. The lowest BCUT2D eigenvalue weighted by Crippen LogP contribution is -1.98. The van der Waals surface area contributed by atoms with Crippen molar-refractivity contribution in [3.8, 4) is 0 Å². The van der Waals surface area contributed by atoms with Crippen LogP contribution in [0.5, 0.6) is 0 Å². The van der Waals surface area contributed by atoms with Gasteiger partial charge in [0.1, 0.15) is 10.8 Å². The van der Waals surface area contributed by atoms with Gasteiger partial charge in [-0.1, -0.05) is 11.6 Å². The molecule has 2 nitrogen and oxygen atoms in total. The van der Waals surface area contributed by atoms with Crippen LogP contribution in [0.25, 0.3) is 0 Å². The van der Waals surface area contributed by atoms with E-state index in [4.69, 9.17) is 11.6 Å². The number of halogens is 3. The van der Waals surface area contributed by atoms with E-state index in [-0.39, 0.29) is 12.1 Å². The average Bonchev–Trinajstić information content (AvgIpc) is 2.07. The van der Waals surface area contributed by atoms with Gasteiger partial charge in [0.2, 0.25) is 6.41 Å². The summed E-state index contributed by atoms with van der Waals surface area (Å²) >= 11 is 5.21. The topological polar surface area (TPSA) is 29.1 Å². The highest BCUT2D eigenvalue weighted by atomic mass is 35.5. The first-order valence-corrected chi connectivity index (χ1v) is 3.38. The minimum atomic E-state index is -0.969. The standard InChI is InChI=1S/C7H4ClF2NO/c8-6-4(9)1-2-5(7(6)10)11-3-12/h1-3H,(H,11,12). The molecule has 0 radical (unpaired) electrons.